The highest BCUT2D eigenvalue weighted by atomic mass is 16.5. The maximum absolute atomic E-state index is 13.5. The van der Waals surface area contributed by atoms with Gasteiger partial charge in [0.25, 0.3) is 0 Å². The predicted molar refractivity (Wildman–Crippen MR) is 138 cm³/mol. The SMILES string of the molecule is CCOC(=O)C(CCc1ccc(OC)c(OC)c1)N[C@@H](C)C(=O)N(CC(=O)O)C1Cc2ccccc2C1. The Bertz CT molecular complexity index is 1080. The lowest BCUT2D eigenvalue weighted by Gasteiger charge is -2.31. The van der Waals surface area contributed by atoms with Gasteiger partial charge in [0.05, 0.1) is 26.9 Å². The summed E-state index contributed by atoms with van der Waals surface area (Å²) in [6.07, 6.45) is 2.10. The van der Waals surface area contributed by atoms with Crippen molar-refractivity contribution in [3.63, 3.8) is 0 Å². The van der Waals surface area contributed by atoms with E-state index in [-0.39, 0.29) is 18.6 Å². The van der Waals surface area contributed by atoms with E-state index >= 15 is 0 Å². The third-order valence-electron chi connectivity index (χ3n) is 6.62. The maximum atomic E-state index is 13.5. The third kappa shape index (κ3) is 7.22. The maximum Gasteiger partial charge on any atom is 0.323 e. The number of carbonyl (C=O) groups excluding carboxylic acids is 2. The van der Waals surface area contributed by atoms with Gasteiger partial charge in [-0.1, -0.05) is 30.3 Å². The topological polar surface area (TPSA) is 114 Å². The molecule has 200 valence electrons. The molecule has 0 bridgehead atoms. The molecule has 0 saturated carbocycles. The van der Waals surface area contributed by atoms with Gasteiger partial charge in [-0.15, -0.1) is 0 Å². The van der Waals surface area contributed by atoms with Gasteiger partial charge in [0, 0.05) is 6.04 Å². The molecule has 1 aliphatic rings. The molecule has 1 aliphatic carbocycles. The number of nitrogens with zero attached hydrogens (tertiary/aromatic N) is 1. The van der Waals surface area contributed by atoms with Gasteiger partial charge in [-0.2, -0.15) is 0 Å². The molecule has 0 radical (unpaired) electrons. The number of carbonyl (C=O) groups is 3. The number of benzene rings is 2. The number of esters is 1. The number of nitrogens with one attached hydrogen (secondary N) is 1. The highest BCUT2D eigenvalue weighted by Gasteiger charge is 2.34. The minimum Gasteiger partial charge on any atom is -0.493 e. The largest absolute Gasteiger partial charge is 0.493 e. The van der Waals surface area contributed by atoms with Crippen LogP contribution in [0, 0.1) is 0 Å². The van der Waals surface area contributed by atoms with E-state index in [2.05, 4.69) is 5.32 Å². The number of hydrogen-bond acceptors (Lipinski definition) is 7. The van der Waals surface area contributed by atoms with Crippen LogP contribution in [0.3, 0.4) is 0 Å². The van der Waals surface area contributed by atoms with E-state index in [1.807, 2.05) is 36.4 Å². The molecule has 0 heterocycles. The number of methoxy groups -OCH3 is 2. The summed E-state index contributed by atoms with van der Waals surface area (Å²) in [7, 11) is 3.12. The van der Waals surface area contributed by atoms with E-state index in [0.29, 0.717) is 37.2 Å². The Hall–Kier alpha value is -3.59. The second kappa shape index (κ2) is 13.1. The molecule has 37 heavy (non-hydrogen) atoms. The fourth-order valence-electron chi connectivity index (χ4n) is 4.77. The molecule has 9 nitrogen and oxygen atoms in total. The zero-order valence-corrected chi connectivity index (χ0v) is 21.9. The van der Waals surface area contributed by atoms with Crippen molar-refractivity contribution in [2.45, 2.75) is 57.7 Å². The van der Waals surface area contributed by atoms with Crippen molar-refractivity contribution < 1.29 is 33.7 Å². The van der Waals surface area contributed by atoms with Gasteiger partial charge < -0.3 is 24.2 Å². The number of carboxylic acids is 1. The van der Waals surface area contributed by atoms with Crippen LogP contribution in [0.1, 0.15) is 37.0 Å². The average Bonchev–Trinajstić information content (AvgIpc) is 3.33. The second-order valence-corrected chi connectivity index (χ2v) is 9.11. The van der Waals surface area contributed by atoms with Crippen molar-refractivity contribution in [3.8, 4) is 11.5 Å². The number of ether oxygens (including phenoxy) is 3. The van der Waals surface area contributed by atoms with E-state index in [1.54, 1.807) is 34.1 Å². The molecular formula is C28H36N2O7. The smallest absolute Gasteiger partial charge is 0.323 e. The highest BCUT2D eigenvalue weighted by Crippen LogP contribution is 2.28. The monoisotopic (exact) mass is 512 g/mol. The first-order valence-corrected chi connectivity index (χ1v) is 12.5. The molecule has 0 saturated heterocycles. The minimum atomic E-state index is -1.08. The standard InChI is InChI=1S/C28H36N2O7/c1-5-37-28(34)23(12-10-19-11-13-24(35-3)25(14-19)36-4)29-18(2)27(33)30(17-26(31)32)22-15-20-8-6-7-9-21(20)16-22/h6-9,11,13-14,18,22-23,29H,5,10,12,15-17H2,1-4H3,(H,31,32)/t18-,23?/m0/s1. The Morgan fingerprint density at radius 1 is 1.05 bits per heavy atom. The summed E-state index contributed by atoms with van der Waals surface area (Å²) in [5, 5.41) is 12.6. The number of hydrogen-bond donors (Lipinski definition) is 2. The van der Waals surface area contributed by atoms with Crippen LogP contribution in [-0.2, 0) is 38.4 Å². The van der Waals surface area contributed by atoms with Crippen molar-refractivity contribution in [2.75, 3.05) is 27.4 Å². The zero-order chi connectivity index (χ0) is 26.9. The van der Waals surface area contributed by atoms with Gasteiger partial charge in [-0.3, -0.25) is 19.7 Å². The fourth-order valence-corrected chi connectivity index (χ4v) is 4.77. The molecule has 9 heteroatoms. The first-order valence-electron chi connectivity index (χ1n) is 12.5. The van der Waals surface area contributed by atoms with Crippen LogP contribution in [0.25, 0.3) is 0 Å². The summed E-state index contributed by atoms with van der Waals surface area (Å²) in [5.74, 6) is -0.697. The van der Waals surface area contributed by atoms with Crippen LogP contribution in [0.4, 0.5) is 0 Å². The molecular weight excluding hydrogens is 476 g/mol. The van der Waals surface area contributed by atoms with Gasteiger partial charge in [-0.25, -0.2) is 0 Å². The Kier molecular flexibility index (Phi) is 9.91. The molecule has 1 unspecified atom stereocenters. The summed E-state index contributed by atoms with van der Waals surface area (Å²) in [4.78, 5) is 39.3. The first kappa shape index (κ1) is 28.0. The van der Waals surface area contributed by atoms with Crippen LogP contribution in [0.5, 0.6) is 11.5 Å². The first-order chi connectivity index (χ1) is 17.8. The molecule has 0 aromatic heterocycles. The Balaban J connectivity index is 1.72. The summed E-state index contributed by atoms with van der Waals surface area (Å²) in [6.45, 7) is 3.19. The number of carboxylic acid groups (broad SMARTS) is 1. The van der Waals surface area contributed by atoms with Gasteiger partial charge >= 0.3 is 11.9 Å². The highest BCUT2D eigenvalue weighted by molar-refractivity contribution is 5.86. The Morgan fingerprint density at radius 3 is 2.27 bits per heavy atom. The average molecular weight is 513 g/mol. The van der Waals surface area contributed by atoms with Gasteiger partial charge in [0.15, 0.2) is 11.5 Å². The van der Waals surface area contributed by atoms with Crippen LogP contribution in [-0.4, -0.2) is 73.3 Å². The lowest BCUT2D eigenvalue weighted by atomic mass is 10.0. The van der Waals surface area contributed by atoms with Crippen LogP contribution in [0.15, 0.2) is 42.5 Å². The molecule has 2 atom stereocenters. The molecule has 2 N–H and O–H groups in total. The van der Waals surface area contributed by atoms with Crippen molar-refractivity contribution in [3.05, 3.63) is 59.2 Å². The Morgan fingerprint density at radius 2 is 1.70 bits per heavy atom. The molecule has 2 aromatic rings. The summed E-state index contributed by atoms with van der Waals surface area (Å²) in [5.41, 5.74) is 3.18. The molecule has 1 amide bonds. The van der Waals surface area contributed by atoms with E-state index in [9.17, 15) is 19.5 Å². The van der Waals surface area contributed by atoms with Crippen molar-refractivity contribution in [1.82, 2.24) is 10.2 Å². The van der Waals surface area contributed by atoms with Crippen molar-refractivity contribution >= 4 is 17.8 Å². The number of aryl methyl sites for hydroxylation is 1. The number of rotatable bonds is 13. The number of aliphatic carboxylic acids is 1. The lowest BCUT2D eigenvalue weighted by Crippen LogP contribution is -2.54. The molecule has 0 spiro atoms. The van der Waals surface area contributed by atoms with Gasteiger partial charge in [0.2, 0.25) is 5.91 Å². The van der Waals surface area contributed by atoms with E-state index in [1.165, 1.54) is 4.90 Å². The number of amides is 1. The molecule has 0 fully saturated rings. The summed E-state index contributed by atoms with van der Waals surface area (Å²) < 4.78 is 15.9. The number of fused-ring (bicyclic) bond motifs is 1. The second-order valence-electron chi connectivity index (χ2n) is 9.11. The molecule has 0 aliphatic heterocycles. The van der Waals surface area contributed by atoms with Gasteiger partial charge in [0.1, 0.15) is 12.6 Å². The third-order valence-corrected chi connectivity index (χ3v) is 6.62. The quantitative estimate of drug-likeness (QED) is 0.394. The summed E-state index contributed by atoms with van der Waals surface area (Å²) in [6, 6.07) is 11.6. The molecule has 2 aromatic carbocycles. The lowest BCUT2D eigenvalue weighted by molar-refractivity contribution is -0.149. The molecule has 3 rings (SSSR count). The zero-order valence-electron chi connectivity index (χ0n) is 21.9. The van der Waals surface area contributed by atoms with Crippen LogP contribution >= 0.6 is 0 Å². The van der Waals surface area contributed by atoms with Crippen LogP contribution in [0.2, 0.25) is 0 Å². The van der Waals surface area contributed by atoms with E-state index in [0.717, 1.165) is 16.7 Å². The minimum absolute atomic E-state index is 0.209. The van der Waals surface area contributed by atoms with Gasteiger partial charge in [-0.05, 0) is 68.4 Å². The van der Waals surface area contributed by atoms with Crippen LogP contribution < -0.4 is 14.8 Å². The Labute approximate surface area is 217 Å². The summed E-state index contributed by atoms with van der Waals surface area (Å²) >= 11 is 0. The fraction of sp³-hybridized carbons (Fsp3) is 0.464. The normalized spacial score (nSPS) is 14.4. The predicted octanol–water partition coefficient (Wildman–Crippen LogP) is 2.63. The van der Waals surface area contributed by atoms with E-state index in [4.69, 9.17) is 14.2 Å². The van der Waals surface area contributed by atoms with E-state index < -0.39 is 30.6 Å². The van der Waals surface area contributed by atoms with Crippen molar-refractivity contribution in [1.29, 1.82) is 0 Å². The van der Waals surface area contributed by atoms with Crippen molar-refractivity contribution in [2.24, 2.45) is 0 Å².